The van der Waals surface area contributed by atoms with Gasteiger partial charge in [-0.15, -0.1) is 0 Å². The third-order valence-corrected chi connectivity index (χ3v) is 3.61. The lowest BCUT2D eigenvalue weighted by atomic mass is 10.1. The highest BCUT2D eigenvalue weighted by atomic mass is 16.2. The highest BCUT2D eigenvalue weighted by Crippen LogP contribution is 2.35. The van der Waals surface area contributed by atoms with Gasteiger partial charge in [0.05, 0.1) is 0 Å². The molecule has 1 aliphatic heterocycles. The molecular formula is C12H21N3O2. The molecule has 2 fully saturated rings. The maximum atomic E-state index is 11.8. The van der Waals surface area contributed by atoms with Crippen molar-refractivity contribution in [2.45, 2.75) is 19.8 Å². The van der Waals surface area contributed by atoms with Gasteiger partial charge < -0.3 is 15.5 Å². The molecule has 1 saturated carbocycles. The normalized spacial score (nSPS) is 22.1. The minimum absolute atomic E-state index is 0.380. The predicted molar refractivity (Wildman–Crippen MR) is 64.3 cm³/mol. The first-order valence-corrected chi connectivity index (χ1v) is 6.46. The number of hydrogen-bond donors (Lipinski definition) is 2. The smallest absolute Gasteiger partial charge is 0.311 e. The van der Waals surface area contributed by atoms with Crippen molar-refractivity contribution in [3.05, 3.63) is 0 Å². The van der Waals surface area contributed by atoms with Crippen LogP contribution in [-0.4, -0.2) is 49.4 Å². The third-order valence-electron chi connectivity index (χ3n) is 3.61. The summed E-state index contributed by atoms with van der Waals surface area (Å²) in [7, 11) is 0. The second kappa shape index (κ2) is 5.49. The monoisotopic (exact) mass is 239 g/mol. The summed E-state index contributed by atoms with van der Waals surface area (Å²) in [5.74, 6) is 0.424. The Morgan fingerprint density at radius 2 is 2.00 bits per heavy atom. The zero-order valence-electron chi connectivity index (χ0n) is 10.4. The lowest BCUT2D eigenvalue weighted by Gasteiger charge is -2.26. The number of rotatable bonds is 3. The average Bonchev–Trinajstić information content (AvgIpc) is 3.20. The Labute approximate surface area is 102 Å². The van der Waals surface area contributed by atoms with E-state index in [1.807, 2.05) is 0 Å². The molecule has 5 heteroatoms. The summed E-state index contributed by atoms with van der Waals surface area (Å²) in [6.45, 7) is 5.57. The molecule has 0 aromatic carbocycles. The summed E-state index contributed by atoms with van der Waals surface area (Å²) >= 11 is 0. The van der Waals surface area contributed by atoms with Crippen LogP contribution in [0.25, 0.3) is 0 Å². The van der Waals surface area contributed by atoms with Crippen LogP contribution < -0.4 is 10.6 Å². The van der Waals surface area contributed by atoms with E-state index in [0.29, 0.717) is 25.6 Å². The van der Waals surface area contributed by atoms with Gasteiger partial charge in [0.15, 0.2) is 0 Å². The second-order valence-electron chi connectivity index (χ2n) is 5.07. The number of piperazine rings is 1. The SMILES string of the molecule is CC(CNC(=O)C(=O)N1CCNCC1)C1CC1. The molecule has 5 nitrogen and oxygen atoms in total. The number of nitrogens with one attached hydrogen (secondary N) is 2. The highest BCUT2D eigenvalue weighted by molar-refractivity contribution is 6.35. The van der Waals surface area contributed by atoms with Crippen LogP contribution in [0.5, 0.6) is 0 Å². The fourth-order valence-electron chi connectivity index (χ4n) is 2.17. The Morgan fingerprint density at radius 1 is 1.35 bits per heavy atom. The minimum atomic E-state index is -0.445. The first-order valence-electron chi connectivity index (χ1n) is 6.46. The number of carbonyl (C=O) groups excluding carboxylic acids is 2. The van der Waals surface area contributed by atoms with Crippen LogP contribution in [0.4, 0.5) is 0 Å². The number of carbonyl (C=O) groups is 2. The van der Waals surface area contributed by atoms with E-state index < -0.39 is 5.91 Å². The minimum Gasteiger partial charge on any atom is -0.348 e. The molecule has 1 unspecified atom stereocenters. The summed E-state index contributed by atoms with van der Waals surface area (Å²) < 4.78 is 0. The molecule has 0 radical (unpaired) electrons. The molecule has 2 amide bonds. The van der Waals surface area contributed by atoms with Crippen LogP contribution in [0.1, 0.15) is 19.8 Å². The maximum absolute atomic E-state index is 11.8. The number of amides is 2. The lowest BCUT2D eigenvalue weighted by molar-refractivity contribution is -0.146. The molecule has 0 bridgehead atoms. The van der Waals surface area contributed by atoms with Crippen molar-refractivity contribution in [3.63, 3.8) is 0 Å². The Morgan fingerprint density at radius 3 is 2.59 bits per heavy atom. The fourth-order valence-corrected chi connectivity index (χ4v) is 2.17. The van der Waals surface area contributed by atoms with Gasteiger partial charge in [-0.1, -0.05) is 6.92 Å². The highest BCUT2D eigenvalue weighted by Gasteiger charge is 2.29. The first kappa shape index (κ1) is 12.4. The van der Waals surface area contributed by atoms with E-state index in [2.05, 4.69) is 17.6 Å². The summed E-state index contributed by atoms with van der Waals surface area (Å²) in [5.41, 5.74) is 0. The van der Waals surface area contributed by atoms with Crippen molar-refractivity contribution in [2.75, 3.05) is 32.7 Å². The van der Waals surface area contributed by atoms with Crippen molar-refractivity contribution >= 4 is 11.8 Å². The molecule has 0 aromatic heterocycles. The van der Waals surface area contributed by atoms with E-state index >= 15 is 0 Å². The molecule has 0 spiro atoms. The van der Waals surface area contributed by atoms with Crippen LogP contribution in [0.2, 0.25) is 0 Å². The topological polar surface area (TPSA) is 61.4 Å². The van der Waals surface area contributed by atoms with E-state index in [4.69, 9.17) is 0 Å². The van der Waals surface area contributed by atoms with Gasteiger partial charge in [-0.2, -0.15) is 0 Å². The Hall–Kier alpha value is -1.10. The molecule has 2 N–H and O–H groups in total. The van der Waals surface area contributed by atoms with E-state index in [1.165, 1.54) is 12.8 Å². The lowest BCUT2D eigenvalue weighted by Crippen LogP contribution is -2.51. The molecule has 0 aromatic rings. The Kier molecular flexibility index (Phi) is 3.99. The zero-order chi connectivity index (χ0) is 12.3. The number of hydrogen-bond acceptors (Lipinski definition) is 3. The van der Waals surface area contributed by atoms with Gasteiger partial charge in [-0.25, -0.2) is 0 Å². The van der Waals surface area contributed by atoms with Gasteiger partial charge in [-0.3, -0.25) is 9.59 Å². The quantitative estimate of drug-likeness (QED) is 0.658. The number of nitrogens with zero attached hydrogens (tertiary/aromatic N) is 1. The van der Waals surface area contributed by atoms with Crippen LogP contribution in [0, 0.1) is 11.8 Å². The molecule has 1 atom stereocenters. The molecule has 1 saturated heterocycles. The first-order chi connectivity index (χ1) is 8.18. The van der Waals surface area contributed by atoms with Gasteiger partial charge in [0.1, 0.15) is 0 Å². The summed E-state index contributed by atoms with van der Waals surface area (Å²) in [6.07, 6.45) is 2.53. The van der Waals surface area contributed by atoms with Crippen molar-refractivity contribution in [1.29, 1.82) is 0 Å². The van der Waals surface area contributed by atoms with Gasteiger partial charge in [-0.05, 0) is 24.7 Å². The summed E-state index contributed by atoms with van der Waals surface area (Å²) in [4.78, 5) is 25.1. The third kappa shape index (κ3) is 3.43. The average molecular weight is 239 g/mol. The molecule has 17 heavy (non-hydrogen) atoms. The van der Waals surface area contributed by atoms with E-state index in [1.54, 1.807) is 4.90 Å². The summed E-state index contributed by atoms with van der Waals surface area (Å²) in [6, 6.07) is 0. The second-order valence-corrected chi connectivity index (χ2v) is 5.07. The van der Waals surface area contributed by atoms with Gasteiger partial charge in [0.2, 0.25) is 0 Å². The van der Waals surface area contributed by atoms with Gasteiger partial charge in [0, 0.05) is 32.7 Å². The van der Waals surface area contributed by atoms with Gasteiger partial charge >= 0.3 is 11.8 Å². The van der Waals surface area contributed by atoms with Crippen LogP contribution in [-0.2, 0) is 9.59 Å². The van der Waals surface area contributed by atoms with E-state index in [-0.39, 0.29) is 5.91 Å². The Balaban J connectivity index is 1.72. The van der Waals surface area contributed by atoms with Crippen molar-refractivity contribution in [2.24, 2.45) is 11.8 Å². The molecule has 2 aliphatic rings. The Bertz CT molecular complexity index is 296. The largest absolute Gasteiger partial charge is 0.348 e. The molecule has 2 rings (SSSR count). The van der Waals surface area contributed by atoms with Crippen molar-refractivity contribution in [3.8, 4) is 0 Å². The predicted octanol–water partition coefficient (Wildman–Crippen LogP) is -0.419. The van der Waals surface area contributed by atoms with Crippen molar-refractivity contribution in [1.82, 2.24) is 15.5 Å². The molecular weight excluding hydrogens is 218 g/mol. The molecule has 1 aliphatic carbocycles. The van der Waals surface area contributed by atoms with E-state index in [9.17, 15) is 9.59 Å². The maximum Gasteiger partial charge on any atom is 0.311 e. The van der Waals surface area contributed by atoms with Crippen LogP contribution in [0.15, 0.2) is 0 Å². The van der Waals surface area contributed by atoms with Crippen molar-refractivity contribution < 1.29 is 9.59 Å². The molecule has 96 valence electrons. The van der Waals surface area contributed by atoms with E-state index in [0.717, 1.165) is 19.0 Å². The fraction of sp³-hybridized carbons (Fsp3) is 0.833. The summed E-state index contributed by atoms with van der Waals surface area (Å²) in [5, 5.41) is 5.91. The van der Waals surface area contributed by atoms with Crippen LogP contribution in [0.3, 0.4) is 0 Å². The zero-order valence-corrected chi connectivity index (χ0v) is 10.4. The standard InChI is InChI=1S/C12H21N3O2/c1-9(10-2-3-10)8-14-11(16)12(17)15-6-4-13-5-7-15/h9-10,13H,2-8H2,1H3,(H,14,16). The molecule has 1 heterocycles. The van der Waals surface area contributed by atoms with Gasteiger partial charge in [0.25, 0.3) is 0 Å². The van der Waals surface area contributed by atoms with Crippen LogP contribution >= 0.6 is 0 Å².